The van der Waals surface area contributed by atoms with Gasteiger partial charge in [-0.25, -0.2) is 9.67 Å². The number of aromatic amines is 1. The Morgan fingerprint density at radius 3 is 2.76 bits per heavy atom. The van der Waals surface area contributed by atoms with E-state index >= 15 is 0 Å². The van der Waals surface area contributed by atoms with Crippen LogP contribution in [0.5, 0.6) is 0 Å². The van der Waals surface area contributed by atoms with E-state index in [2.05, 4.69) is 25.5 Å². The molecule has 0 saturated heterocycles. The number of para-hydroxylation sites is 1. The average Bonchev–Trinajstić information content (AvgIpc) is 2.87. The van der Waals surface area contributed by atoms with E-state index in [-0.39, 0.29) is 11.0 Å². The molecule has 0 unspecified atom stereocenters. The third-order valence-electron chi connectivity index (χ3n) is 3.16. The fraction of sp³-hybridized carbons (Fsp3) is 0.357. The highest BCUT2D eigenvalue weighted by atomic mass is 16.1. The average molecular weight is 284 g/mol. The van der Waals surface area contributed by atoms with Gasteiger partial charge in [0.05, 0.1) is 10.9 Å². The number of aromatic nitrogens is 6. The van der Waals surface area contributed by atoms with E-state index < -0.39 is 0 Å². The quantitative estimate of drug-likeness (QED) is 0.765. The van der Waals surface area contributed by atoms with Gasteiger partial charge in [-0.05, 0) is 22.6 Å². The summed E-state index contributed by atoms with van der Waals surface area (Å²) >= 11 is 0. The second-order valence-electron chi connectivity index (χ2n) is 5.94. The Kier molecular flexibility index (Phi) is 3.04. The van der Waals surface area contributed by atoms with Crippen LogP contribution in [0.25, 0.3) is 10.9 Å². The number of tetrazole rings is 1. The molecule has 3 aromatic rings. The first-order valence-electron chi connectivity index (χ1n) is 6.70. The topological polar surface area (TPSA) is 89.3 Å². The van der Waals surface area contributed by atoms with Gasteiger partial charge in [0.2, 0.25) is 0 Å². The zero-order chi connectivity index (χ0) is 15.0. The Balaban J connectivity index is 2.03. The van der Waals surface area contributed by atoms with Gasteiger partial charge in [-0.2, -0.15) is 0 Å². The third kappa shape index (κ3) is 2.54. The summed E-state index contributed by atoms with van der Waals surface area (Å²) in [6.07, 6.45) is 0. The molecule has 1 aromatic carbocycles. The van der Waals surface area contributed by atoms with Crippen LogP contribution in [-0.2, 0) is 12.0 Å². The Morgan fingerprint density at radius 2 is 2.00 bits per heavy atom. The van der Waals surface area contributed by atoms with Crippen LogP contribution in [0.3, 0.4) is 0 Å². The number of fused-ring (bicyclic) bond motifs is 1. The van der Waals surface area contributed by atoms with Crippen LogP contribution in [-0.4, -0.2) is 30.2 Å². The van der Waals surface area contributed by atoms with Crippen LogP contribution in [0.4, 0.5) is 0 Å². The predicted octanol–water partition coefficient (Wildman–Crippen LogP) is 1.26. The number of nitrogens with one attached hydrogen (secondary N) is 1. The van der Waals surface area contributed by atoms with Gasteiger partial charge in [-0.1, -0.05) is 32.9 Å². The second kappa shape index (κ2) is 4.76. The maximum atomic E-state index is 12.1. The van der Waals surface area contributed by atoms with Crippen LogP contribution in [0.2, 0.25) is 0 Å². The molecule has 7 nitrogen and oxygen atoms in total. The van der Waals surface area contributed by atoms with E-state index in [9.17, 15) is 4.79 Å². The molecule has 2 heterocycles. The highest BCUT2D eigenvalue weighted by Crippen LogP contribution is 2.18. The third-order valence-corrected chi connectivity index (χ3v) is 3.16. The molecule has 0 atom stereocenters. The summed E-state index contributed by atoms with van der Waals surface area (Å²) in [7, 11) is 0. The van der Waals surface area contributed by atoms with Crippen molar-refractivity contribution in [2.45, 2.75) is 32.7 Å². The molecule has 0 bridgehead atoms. The van der Waals surface area contributed by atoms with Gasteiger partial charge in [-0.15, -0.1) is 5.10 Å². The zero-order valence-electron chi connectivity index (χ0n) is 12.2. The van der Waals surface area contributed by atoms with E-state index in [4.69, 9.17) is 0 Å². The maximum Gasteiger partial charge on any atom is 0.258 e. The first kappa shape index (κ1) is 13.4. The summed E-state index contributed by atoms with van der Waals surface area (Å²) in [6, 6.07) is 7.25. The maximum absolute atomic E-state index is 12.1. The summed E-state index contributed by atoms with van der Waals surface area (Å²) in [5.74, 6) is 1.29. The summed E-state index contributed by atoms with van der Waals surface area (Å²) in [6.45, 7) is 6.43. The predicted molar refractivity (Wildman–Crippen MR) is 78.0 cm³/mol. The lowest BCUT2D eigenvalue weighted by Gasteiger charge is -2.16. The molecular weight excluding hydrogens is 268 g/mol. The Labute approximate surface area is 121 Å². The van der Waals surface area contributed by atoms with Crippen molar-refractivity contribution < 1.29 is 0 Å². The van der Waals surface area contributed by atoms with Gasteiger partial charge >= 0.3 is 0 Å². The first-order chi connectivity index (χ1) is 9.95. The SMILES string of the molecule is CC(C)(C)c1nnnn1Cc1nc2ccccc2c(=O)[nH]1. The fourth-order valence-electron chi connectivity index (χ4n) is 2.20. The van der Waals surface area contributed by atoms with Crippen molar-refractivity contribution in [2.75, 3.05) is 0 Å². The lowest BCUT2D eigenvalue weighted by atomic mass is 9.96. The molecule has 2 aromatic heterocycles. The van der Waals surface area contributed by atoms with E-state index in [1.54, 1.807) is 10.7 Å². The van der Waals surface area contributed by atoms with E-state index in [1.165, 1.54) is 0 Å². The number of H-pyrrole nitrogens is 1. The van der Waals surface area contributed by atoms with Gasteiger partial charge in [0.1, 0.15) is 12.4 Å². The number of nitrogens with zero attached hydrogens (tertiary/aromatic N) is 5. The second-order valence-corrected chi connectivity index (χ2v) is 5.94. The summed E-state index contributed by atoms with van der Waals surface area (Å²) in [5.41, 5.74) is 0.336. The van der Waals surface area contributed by atoms with Crippen LogP contribution >= 0.6 is 0 Å². The van der Waals surface area contributed by atoms with Crippen molar-refractivity contribution in [3.8, 4) is 0 Å². The van der Waals surface area contributed by atoms with Gasteiger partial charge < -0.3 is 4.98 Å². The van der Waals surface area contributed by atoms with Crippen molar-refractivity contribution in [3.63, 3.8) is 0 Å². The van der Waals surface area contributed by atoms with Crippen LogP contribution < -0.4 is 5.56 Å². The first-order valence-corrected chi connectivity index (χ1v) is 6.70. The van der Waals surface area contributed by atoms with Gasteiger partial charge in [-0.3, -0.25) is 4.79 Å². The molecule has 21 heavy (non-hydrogen) atoms. The molecule has 108 valence electrons. The minimum Gasteiger partial charge on any atom is -0.308 e. The van der Waals surface area contributed by atoms with E-state index in [1.807, 2.05) is 39.0 Å². The summed E-state index contributed by atoms with van der Waals surface area (Å²) < 4.78 is 1.66. The smallest absolute Gasteiger partial charge is 0.258 e. The lowest BCUT2D eigenvalue weighted by Crippen LogP contribution is -2.22. The van der Waals surface area contributed by atoms with Crippen LogP contribution in [0, 0.1) is 0 Å². The minimum atomic E-state index is -0.180. The van der Waals surface area contributed by atoms with Crippen LogP contribution in [0.15, 0.2) is 29.1 Å². The largest absolute Gasteiger partial charge is 0.308 e. The van der Waals surface area contributed by atoms with E-state index in [0.29, 0.717) is 23.3 Å². The van der Waals surface area contributed by atoms with Crippen molar-refractivity contribution in [1.29, 1.82) is 0 Å². The molecule has 1 N–H and O–H groups in total. The Hall–Kier alpha value is -2.57. The number of benzene rings is 1. The molecule has 0 aliphatic rings. The Bertz CT molecular complexity index is 842. The molecule has 0 spiro atoms. The summed E-state index contributed by atoms with van der Waals surface area (Å²) in [4.78, 5) is 19.3. The number of rotatable bonds is 2. The monoisotopic (exact) mass is 284 g/mol. The molecule has 7 heteroatoms. The number of hydrogen-bond donors (Lipinski definition) is 1. The van der Waals surface area contributed by atoms with Crippen molar-refractivity contribution in [2.24, 2.45) is 0 Å². The Morgan fingerprint density at radius 1 is 1.24 bits per heavy atom. The molecule has 0 fully saturated rings. The highest BCUT2D eigenvalue weighted by molar-refractivity contribution is 5.77. The molecule has 0 aliphatic heterocycles. The fourth-order valence-corrected chi connectivity index (χ4v) is 2.20. The van der Waals surface area contributed by atoms with E-state index in [0.717, 1.165) is 5.82 Å². The molecule has 3 rings (SSSR count). The van der Waals surface area contributed by atoms with Crippen molar-refractivity contribution in [3.05, 3.63) is 46.3 Å². The highest BCUT2D eigenvalue weighted by Gasteiger charge is 2.22. The molecule has 0 saturated carbocycles. The van der Waals surface area contributed by atoms with Gasteiger partial charge in [0.15, 0.2) is 5.82 Å². The molecule has 0 aliphatic carbocycles. The number of hydrogen-bond acceptors (Lipinski definition) is 5. The normalized spacial score (nSPS) is 12.0. The van der Waals surface area contributed by atoms with Crippen LogP contribution in [0.1, 0.15) is 32.4 Å². The molecular formula is C14H16N6O. The van der Waals surface area contributed by atoms with Crippen molar-refractivity contribution >= 4 is 10.9 Å². The molecule has 0 amide bonds. The summed E-state index contributed by atoms with van der Waals surface area (Å²) in [5, 5.41) is 12.3. The standard InChI is InChI=1S/C14H16N6O/c1-14(2,3)13-17-18-19-20(13)8-11-15-10-7-5-4-6-9(10)12(21)16-11/h4-7H,8H2,1-3H3,(H,15,16,21). The lowest BCUT2D eigenvalue weighted by molar-refractivity contribution is 0.485. The van der Waals surface area contributed by atoms with Gasteiger partial charge in [0, 0.05) is 5.41 Å². The van der Waals surface area contributed by atoms with Gasteiger partial charge in [0.25, 0.3) is 5.56 Å². The van der Waals surface area contributed by atoms with Crippen molar-refractivity contribution in [1.82, 2.24) is 30.2 Å². The zero-order valence-corrected chi connectivity index (χ0v) is 12.2. The minimum absolute atomic E-state index is 0.152. The molecule has 0 radical (unpaired) electrons.